The quantitative estimate of drug-likeness (QED) is 0.0325. The highest BCUT2D eigenvalue weighted by Gasteiger charge is 2.36. The number of piperidine rings is 1. The third-order valence-electron chi connectivity index (χ3n) is 15.5. The number of fused-ring (bicyclic) bond motifs is 4. The second-order valence-electron chi connectivity index (χ2n) is 21.7. The summed E-state index contributed by atoms with van der Waals surface area (Å²) in [7, 11) is 1.76. The van der Waals surface area contributed by atoms with E-state index in [1.165, 1.54) is 15.6 Å². The number of aryl methyl sites for hydroxylation is 1. The van der Waals surface area contributed by atoms with Crippen molar-refractivity contribution >= 4 is 68.8 Å². The third-order valence-corrected chi connectivity index (χ3v) is 16.3. The number of hydrogen-bond acceptors (Lipinski definition) is 16. The van der Waals surface area contributed by atoms with Crippen molar-refractivity contribution in [1.82, 2.24) is 59.8 Å². The zero-order chi connectivity index (χ0) is 61.3. The van der Waals surface area contributed by atoms with Gasteiger partial charge in [0, 0.05) is 99.7 Å². The molecule has 24 nitrogen and oxygen atoms in total. The van der Waals surface area contributed by atoms with Crippen LogP contribution in [-0.2, 0) is 82.5 Å². The van der Waals surface area contributed by atoms with Crippen molar-refractivity contribution in [2.24, 2.45) is 7.05 Å². The van der Waals surface area contributed by atoms with Gasteiger partial charge in [0.15, 0.2) is 5.52 Å². The SMILES string of the molecule is C[C@H](CC(=O)N1CCC(O)(Cn2cnc3c(-c4ccc(CNCC(=O)NCCOCCOCCOCCOCCOCCNC(=O)Cn5ccc(-c6cc(Cl)c(Cl)c7[nH]c8c(c67)CN(C(=O)CO)CC8)n5)cc4)n(C)nc3c2=O)CC1)c1ccccc1. The molecule has 4 amide bonds. The zero-order valence-electron chi connectivity index (χ0n) is 49.1. The lowest BCUT2D eigenvalue weighted by atomic mass is 9.90. The van der Waals surface area contributed by atoms with Crippen LogP contribution < -0.4 is 21.5 Å². The molecule has 0 bridgehead atoms. The van der Waals surface area contributed by atoms with Crippen LogP contribution >= 0.6 is 23.2 Å². The molecule has 6 heterocycles. The summed E-state index contributed by atoms with van der Waals surface area (Å²) in [4.78, 5) is 75.7. The van der Waals surface area contributed by atoms with E-state index in [2.05, 4.69) is 36.1 Å². The van der Waals surface area contributed by atoms with E-state index >= 15 is 0 Å². The van der Waals surface area contributed by atoms with Gasteiger partial charge >= 0.3 is 0 Å². The van der Waals surface area contributed by atoms with Crippen LogP contribution in [0.5, 0.6) is 0 Å². The van der Waals surface area contributed by atoms with Gasteiger partial charge in [0.05, 0.1) is 118 Å². The summed E-state index contributed by atoms with van der Waals surface area (Å²) in [5.41, 5.74) is 6.51. The molecule has 2 aliphatic rings. The number of likely N-dealkylation sites (tertiary alicyclic amines) is 1. The summed E-state index contributed by atoms with van der Waals surface area (Å²) in [6.07, 6.45) is 4.83. The highest BCUT2D eigenvalue weighted by molar-refractivity contribution is 6.45. The number of H-pyrrole nitrogens is 1. The summed E-state index contributed by atoms with van der Waals surface area (Å²) in [5, 5.41) is 40.5. The summed E-state index contributed by atoms with van der Waals surface area (Å²) in [5.74, 6) is -0.606. The first-order valence-electron chi connectivity index (χ1n) is 29.3. The molecule has 87 heavy (non-hydrogen) atoms. The van der Waals surface area contributed by atoms with Crippen LogP contribution in [0.3, 0.4) is 0 Å². The molecule has 0 aliphatic carbocycles. The molecular weight excluding hydrogens is 1160 g/mol. The summed E-state index contributed by atoms with van der Waals surface area (Å²) >= 11 is 13.1. The van der Waals surface area contributed by atoms with E-state index < -0.39 is 12.2 Å². The number of benzene rings is 3. The van der Waals surface area contributed by atoms with Gasteiger partial charge in [-0.1, -0.05) is 84.7 Å². The predicted octanol–water partition coefficient (Wildman–Crippen LogP) is 3.98. The van der Waals surface area contributed by atoms with Gasteiger partial charge in [-0.05, 0) is 42.0 Å². The van der Waals surface area contributed by atoms with Gasteiger partial charge in [0.1, 0.15) is 18.7 Å². The molecule has 0 spiro atoms. The Morgan fingerprint density at radius 2 is 1.43 bits per heavy atom. The Morgan fingerprint density at radius 3 is 2.08 bits per heavy atom. The van der Waals surface area contributed by atoms with E-state index in [0.29, 0.717) is 176 Å². The van der Waals surface area contributed by atoms with Gasteiger partial charge in [0.25, 0.3) is 5.56 Å². The van der Waals surface area contributed by atoms with E-state index in [1.54, 1.807) is 39.9 Å². The standard InChI is InChI=1S/C61H76Cl2N12O12/c1-41(43-6-4-3-5-7-43)32-52(79)72-20-14-61(82,15-21-72)39-74-40-67-57-58(60(74)81)70-71(2)59(57)44-10-8-42(9-11-44)34-64-35-50(77)65-16-22-83-24-26-85-28-30-87-31-29-86-27-25-84-23-17-66-51(78)37-75-19-13-49(69-75)45-33-47(62)55(63)56-54(45)46-36-73(53(80)38-76)18-12-48(46)68-56/h3-11,13,19,33,40-41,64,68,76,82H,12,14-18,20-32,34-39H2,1-2H3,(H,65,77)(H,66,78)/t41-/m1/s1. The number of ether oxygens (including phenoxy) is 5. The van der Waals surface area contributed by atoms with Crippen LogP contribution in [0, 0.1) is 0 Å². The van der Waals surface area contributed by atoms with E-state index in [9.17, 15) is 34.2 Å². The molecule has 6 N–H and O–H groups in total. The van der Waals surface area contributed by atoms with E-state index in [0.717, 1.165) is 33.3 Å². The average Bonchev–Trinajstić information content (AvgIpc) is 1.70. The van der Waals surface area contributed by atoms with Gasteiger partial charge < -0.3 is 64.6 Å². The number of hydrogen-bond donors (Lipinski definition) is 6. The summed E-state index contributed by atoms with van der Waals surface area (Å²) < 4.78 is 32.4. The van der Waals surface area contributed by atoms with Gasteiger partial charge in [0.2, 0.25) is 23.6 Å². The fraction of sp³-hybridized carbons (Fsp3) is 0.475. The first kappa shape index (κ1) is 64.4. The van der Waals surface area contributed by atoms with Crippen LogP contribution in [0.1, 0.15) is 54.5 Å². The lowest BCUT2D eigenvalue weighted by Gasteiger charge is -2.38. The zero-order valence-corrected chi connectivity index (χ0v) is 50.6. The maximum absolute atomic E-state index is 13.7. The lowest BCUT2D eigenvalue weighted by molar-refractivity contribution is -0.136. The number of nitrogens with zero attached hydrogens (tertiary/aromatic N) is 8. The number of aliphatic hydroxyl groups is 2. The van der Waals surface area contributed by atoms with Crippen molar-refractivity contribution in [3.63, 3.8) is 0 Å². The van der Waals surface area contributed by atoms with Gasteiger partial charge in [-0.3, -0.25) is 37.9 Å². The molecular formula is C61H76Cl2N12O12. The molecule has 0 radical (unpaired) electrons. The maximum atomic E-state index is 13.7. The number of aromatic nitrogens is 7. The van der Waals surface area contributed by atoms with Gasteiger partial charge in [-0.2, -0.15) is 10.2 Å². The van der Waals surface area contributed by atoms with Crippen molar-refractivity contribution in [1.29, 1.82) is 0 Å². The number of aliphatic hydroxyl groups excluding tert-OH is 1. The summed E-state index contributed by atoms with van der Waals surface area (Å²) in [6, 6.07) is 21.2. The Bertz CT molecular complexity index is 3510. The Hall–Kier alpha value is -7.10. The number of carbonyl (C=O) groups is 4. The number of carbonyl (C=O) groups excluding carboxylic acids is 4. The average molecular weight is 1240 g/mol. The van der Waals surface area contributed by atoms with E-state index in [4.69, 9.17) is 46.9 Å². The van der Waals surface area contributed by atoms with Gasteiger partial charge in [-0.25, -0.2) is 4.98 Å². The molecule has 7 aromatic rings. The minimum absolute atomic E-state index is 0.0122. The number of halogens is 2. The Balaban J connectivity index is 0.558. The molecule has 9 rings (SSSR count). The van der Waals surface area contributed by atoms with Crippen molar-refractivity contribution in [2.75, 3.05) is 112 Å². The van der Waals surface area contributed by atoms with E-state index in [-0.39, 0.29) is 60.3 Å². The normalized spacial score (nSPS) is 14.4. The molecule has 0 unspecified atom stereocenters. The van der Waals surface area contributed by atoms with Crippen LogP contribution in [-0.4, -0.2) is 195 Å². The molecule has 1 atom stereocenters. The Kier molecular flexibility index (Phi) is 23.1. The first-order chi connectivity index (χ1) is 42.2. The molecule has 466 valence electrons. The molecule has 1 saturated heterocycles. The molecule has 0 saturated carbocycles. The Labute approximate surface area is 513 Å². The lowest BCUT2D eigenvalue weighted by Crippen LogP contribution is -2.49. The number of amides is 4. The van der Waals surface area contributed by atoms with Crippen LogP contribution in [0.2, 0.25) is 10.0 Å². The largest absolute Gasteiger partial charge is 0.388 e. The molecule has 4 aromatic heterocycles. The molecule has 2 aliphatic heterocycles. The monoisotopic (exact) mass is 1240 g/mol. The highest BCUT2D eigenvalue weighted by Crippen LogP contribution is 2.42. The highest BCUT2D eigenvalue weighted by atomic mass is 35.5. The number of aromatic amines is 1. The second-order valence-corrected chi connectivity index (χ2v) is 22.5. The minimum atomic E-state index is -1.17. The fourth-order valence-electron chi connectivity index (χ4n) is 10.8. The first-order valence-corrected chi connectivity index (χ1v) is 30.1. The van der Waals surface area contributed by atoms with Crippen molar-refractivity contribution in [3.05, 3.63) is 122 Å². The number of rotatable bonds is 32. The third kappa shape index (κ3) is 17.2. The molecule has 26 heteroatoms. The molecule has 1 fully saturated rings. The smallest absolute Gasteiger partial charge is 0.281 e. The minimum Gasteiger partial charge on any atom is -0.388 e. The van der Waals surface area contributed by atoms with Crippen molar-refractivity contribution in [2.45, 2.75) is 70.3 Å². The van der Waals surface area contributed by atoms with Crippen molar-refractivity contribution in [3.8, 4) is 22.5 Å². The molecule has 3 aromatic carbocycles. The van der Waals surface area contributed by atoms with Crippen molar-refractivity contribution < 1.29 is 53.1 Å². The van der Waals surface area contributed by atoms with E-state index in [1.807, 2.05) is 61.5 Å². The van der Waals surface area contributed by atoms with Crippen LogP contribution in [0.15, 0.2) is 84.0 Å². The Morgan fingerprint density at radius 1 is 0.782 bits per heavy atom. The second kappa shape index (κ2) is 31.2. The van der Waals surface area contributed by atoms with Gasteiger partial charge in [-0.15, -0.1) is 0 Å². The topological polar surface area (TPSA) is 284 Å². The number of nitrogens with one attached hydrogen (secondary N) is 4. The maximum Gasteiger partial charge on any atom is 0.281 e. The fourth-order valence-corrected chi connectivity index (χ4v) is 11.2. The van der Waals surface area contributed by atoms with Crippen LogP contribution in [0.25, 0.3) is 44.5 Å². The van der Waals surface area contributed by atoms with Crippen LogP contribution in [0.4, 0.5) is 0 Å². The predicted molar refractivity (Wildman–Crippen MR) is 326 cm³/mol. The summed E-state index contributed by atoms with van der Waals surface area (Å²) in [6.45, 7) is 8.04.